The van der Waals surface area contributed by atoms with Crippen molar-refractivity contribution in [2.24, 2.45) is 0 Å². The Kier molecular flexibility index (Phi) is 5.68. The van der Waals surface area contributed by atoms with E-state index in [1.54, 1.807) is 16.8 Å². The summed E-state index contributed by atoms with van der Waals surface area (Å²) in [5.41, 5.74) is 2.52. The molecule has 2 aromatic carbocycles. The topological polar surface area (TPSA) is 94.5 Å². The van der Waals surface area contributed by atoms with E-state index in [1.165, 1.54) is 0 Å². The molecular formula is C24H24ClN5O3. The number of amides is 3. The van der Waals surface area contributed by atoms with Crippen LogP contribution >= 0.6 is 11.6 Å². The number of likely N-dealkylation sites (tertiary alicyclic amines) is 1. The molecule has 33 heavy (non-hydrogen) atoms. The van der Waals surface area contributed by atoms with Gasteiger partial charge in [0.1, 0.15) is 5.52 Å². The van der Waals surface area contributed by atoms with E-state index in [0.29, 0.717) is 35.6 Å². The molecule has 0 spiro atoms. The minimum absolute atomic E-state index is 0.0848. The third kappa shape index (κ3) is 4.26. The van der Waals surface area contributed by atoms with Crippen LogP contribution in [0.15, 0.2) is 53.1 Å². The highest BCUT2D eigenvalue weighted by atomic mass is 35.5. The number of carbonyl (C=O) groups is 2. The molecule has 0 aliphatic carbocycles. The first-order valence-electron chi connectivity index (χ1n) is 10.9. The molecule has 0 unspecified atom stereocenters. The maximum absolute atomic E-state index is 13.1. The summed E-state index contributed by atoms with van der Waals surface area (Å²) >= 11 is 6.05. The number of hydrogen-bond donors (Lipinski definition) is 2. The molecule has 2 aromatic heterocycles. The van der Waals surface area contributed by atoms with E-state index in [0.717, 1.165) is 29.4 Å². The summed E-state index contributed by atoms with van der Waals surface area (Å²) in [5, 5.41) is 9.32. The van der Waals surface area contributed by atoms with E-state index < -0.39 is 0 Å². The van der Waals surface area contributed by atoms with Crippen LogP contribution in [0.25, 0.3) is 21.8 Å². The number of benzene rings is 2. The zero-order chi connectivity index (χ0) is 22.9. The van der Waals surface area contributed by atoms with Crippen LogP contribution in [0.2, 0.25) is 5.02 Å². The fraction of sp³-hybridized carbons (Fsp3) is 0.292. The molecule has 2 N–H and O–H groups in total. The summed E-state index contributed by atoms with van der Waals surface area (Å²) in [4.78, 5) is 32.6. The summed E-state index contributed by atoms with van der Waals surface area (Å²) in [6, 6.07) is 14.7. The lowest BCUT2D eigenvalue weighted by Crippen LogP contribution is -2.52. The Labute approximate surface area is 195 Å². The Bertz CT molecular complexity index is 1330. The average molecular weight is 466 g/mol. The lowest BCUT2D eigenvalue weighted by atomic mass is 10.0. The maximum Gasteiger partial charge on any atom is 0.317 e. The number of nitrogens with zero attached hydrogens (tertiary/aromatic N) is 3. The maximum atomic E-state index is 13.1. The van der Waals surface area contributed by atoms with Gasteiger partial charge in [-0.15, -0.1) is 0 Å². The summed E-state index contributed by atoms with van der Waals surface area (Å²) in [7, 11) is 1.77. The molecule has 0 radical (unpaired) electrons. The first-order valence-corrected chi connectivity index (χ1v) is 11.3. The number of nitrogens with one attached hydrogen (secondary N) is 2. The van der Waals surface area contributed by atoms with Gasteiger partial charge in [0.05, 0.1) is 18.0 Å². The van der Waals surface area contributed by atoms with E-state index in [2.05, 4.69) is 15.5 Å². The molecule has 0 saturated carbocycles. The number of H-pyrrole nitrogens is 1. The summed E-state index contributed by atoms with van der Waals surface area (Å²) in [6.45, 7) is 1.44. The first-order chi connectivity index (χ1) is 16.0. The zero-order valence-corrected chi connectivity index (χ0v) is 18.9. The fourth-order valence-electron chi connectivity index (χ4n) is 4.36. The zero-order valence-electron chi connectivity index (χ0n) is 18.2. The molecule has 8 nitrogen and oxygen atoms in total. The normalized spacial score (nSPS) is 16.3. The second-order valence-corrected chi connectivity index (χ2v) is 8.81. The van der Waals surface area contributed by atoms with Gasteiger partial charge < -0.3 is 24.6 Å². The van der Waals surface area contributed by atoms with Gasteiger partial charge in [-0.2, -0.15) is 0 Å². The van der Waals surface area contributed by atoms with Gasteiger partial charge in [-0.1, -0.05) is 28.9 Å². The average Bonchev–Trinajstić information content (AvgIpc) is 3.45. The number of aromatic amines is 1. The lowest BCUT2D eigenvalue weighted by molar-refractivity contribution is 0.0599. The van der Waals surface area contributed by atoms with Crippen LogP contribution in [-0.2, 0) is 6.54 Å². The van der Waals surface area contributed by atoms with Crippen molar-refractivity contribution in [3.8, 4) is 0 Å². The van der Waals surface area contributed by atoms with Crippen LogP contribution in [0.1, 0.15) is 29.1 Å². The van der Waals surface area contributed by atoms with Crippen LogP contribution in [0.3, 0.4) is 0 Å². The van der Waals surface area contributed by atoms with Gasteiger partial charge in [-0.25, -0.2) is 4.79 Å². The second-order valence-electron chi connectivity index (χ2n) is 8.37. The van der Waals surface area contributed by atoms with E-state index in [1.807, 2.05) is 48.5 Å². The number of halogens is 1. The van der Waals surface area contributed by atoms with Gasteiger partial charge >= 0.3 is 6.03 Å². The van der Waals surface area contributed by atoms with E-state index in [-0.39, 0.29) is 23.7 Å². The molecule has 1 fully saturated rings. The van der Waals surface area contributed by atoms with Crippen molar-refractivity contribution in [3.05, 3.63) is 65.0 Å². The van der Waals surface area contributed by atoms with Crippen molar-refractivity contribution in [3.63, 3.8) is 0 Å². The molecule has 9 heteroatoms. The lowest BCUT2D eigenvalue weighted by Gasteiger charge is -2.37. The predicted octanol–water partition coefficient (Wildman–Crippen LogP) is 4.41. The van der Waals surface area contributed by atoms with Crippen molar-refractivity contribution < 1.29 is 14.1 Å². The molecule has 1 aliphatic rings. The van der Waals surface area contributed by atoms with Gasteiger partial charge in [-0.05, 0) is 49.2 Å². The highest BCUT2D eigenvalue weighted by molar-refractivity contribution is 6.31. The Morgan fingerprint density at radius 2 is 2.12 bits per heavy atom. The molecule has 1 atom stereocenters. The van der Waals surface area contributed by atoms with Crippen molar-refractivity contribution in [2.75, 3.05) is 20.1 Å². The van der Waals surface area contributed by atoms with Crippen molar-refractivity contribution in [1.29, 1.82) is 0 Å². The number of fused-ring (bicyclic) bond motifs is 2. The first kappa shape index (κ1) is 21.3. The van der Waals surface area contributed by atoms with Gasteiger partial charge in [-0.3, -0.25) is 4.79 Å². The Hall–Kier alpha value is -3.52. The fourth-order valence-corrected chi connectivity index (χ4v) is 4.54. The molecule has 3 amide bonds. The summed E-state index contributed by atoms with van der Waals surface area (Å²) in [5.74, 6) is 0.0520. The van der Waals surface area contributed by atoms with Crippen molar-refractivity contribution in [1.82, 2.24) is 25.3 Å². The Morgan fingerprint density at radius 1 is 1.27 bits per heavy atom. The minimum Gasteiger partial charge on any atom is -0.357 e. The third-order valence-electron chi connectivity index (χ3n) is 6.20. The molecule has 4 aromatic rings. The van der Waals surface area contributed by atoms with Crippen LogP contribution < -0.4 is 5.32 Å². The largest absolute Gasteiger partial charge is 0.357 e. The Morgan fingerprint density at radius 3 is 3.00 bits per heavy atom. The van der Waals surface area contributed by atoms with Crippen LogP contribution in [0, 0.1) is 0 Å². The molecule has 1 aliphatic heterocycles. The van der Waals surface area contributed by atoms with Crippen molar-refractivity contribution >= 4 is 45.3 Å². The van der Waals surface area contributed by atoms with E-state index in [4.69, 9.17) is 16.1 Å². The molecule has 3 heterocycles. The van der Waals surface area contributed by atoms with Gasteiger partial charge in [0.25, 0.3) is 5.91 Å². The number of piperidine rings is 1. The second kappa shape index (κ2) is 8.78. The van der Waals surface area contributed by atoms with E-state index >= 15 is 0 Å². The SMILES string of the molecule is CN(C(=O)NCc1cc2cc(Cl)ccc2[nH]1)[C@@H]1CCCN(C(=O)c2onc3ccccc23)C1. The van der Waals surface area contributed by atoms with Gasteiger partial charge in [0, 0.05) is 41.8 Å². The molecule has 5 rings (SSSR count). The quantitative estimate of drug-likeness (QED) is 0.466. The smallest absolute Gasteiger partial charge is 0.317 e. The van der Waals surface area contributed by atoms with Crippen LogP contribution in [-0.4, -0.2) is 58.1 Å². The molecule has 1 saturated heterocycles. The van der Waals surface area contributed by atoms with Crippen molar-refractivity contribution in [2.45, 2.75) is 25.4 Å². The molecule has 170 valence electrons. The van der Waals surface area contributed by atoms with Crippen LogP contribution in [0.5, 0.6) is 0 Å². The van der Waals surface area contributed by atoms with Crippen LogP contribution in [0.4, 0.5) is 4.79 Å². The summed E-state index contributed by atoms with van der Waals surface area (Å²) < 4.78 is 5.35. The highest BCUT2D eigenvalue weighted by Gasteiger charge is 2.31. The number of carbonyl (C=O) groups excluding carboxylic acids is 2. The standard InChI is InChI=1S/C24H24ClN5O3/c1-29(24(32)26-13-17-12-15-11-16(25)8-9-20(15)27-17)18-5-4-10-30(14-18)23(31)22-19-6-2-3-7-21(19)28-33-22/h2-3,6-9,11-12,18,27H,4-5,10,13-14H2,1H3,(H,26,32)/t18-/m1/s1. The van der Waals surface area contributed by atoms with Gasteiger partial charge in [0.2, 0.25) is 5.76 Å². The Balaban J connectivity index is 1.22. The predicted molar refractivity (Wildman–Crippen MR) is 126 cm³/mol. The minimum atomic E-state index is -0.195. The molecular weight excluding hydrogens is 442 g/mol. The van der Waals surface area contributed by atoms with Gasteiger partial charge in [0.15, 0.2) is 0 Å². The summed E-state index contributed by atoms with van der Waals surface area (Å²) in [6.07, 6.45) is 1.64. The third-order valence-corrected chi connectivity index (χ3v) is 6.43. The monoisotopic (exact) mass is 465 g/mol. The number of likely N-dealkylation sites (N-methyl/N-ethyl adjacent to an activating group) is 1. The number of rotatable bonds is 4. The number of hydrogen-bond acceptors (Lipinski definition) is 4. The molecule has 0 bridgehead atoms. The van der Waals surface area contributed by atoms with E-state index in [9.17, 15) is 9.59 Å². The number of urea groups is 1. The number of aromatic nitrogens is 2. The highest BCUT2D eigenvalue weighted by Crippen LogP contribution is 2.23.